The van der Waals surface area contributed by atoms with Gasteiger partial charge in [0, 0.05) is 19.3 Å². The topological polar surface area (TPSA) is 78.9 Å². The van der Waals surface area contributed by atoms with Crippen LogP contribution in [0.3, 0.4) is 0 Å². The van der Waals surface area contributed by atoms with Crippen molar-refractivity contribution >= 4 is 17.9 Å². The minimum atomic E-state index is -0.781. The zero-order valence-corrected chi connectivity index (χ0v) is 39.3. The number of unbranched alkanes of at least 4 members (excludes halogenated alkanes) is 29. The molecule has 0 heterocycles. The molecular weight excluding hydrogens is 733 g/mol. The summed E-state index contributed by atoms with van der Waals surface area (Å²) in [7, 11) is 0. The van der Waals surface area contributed by atoms with Crippen molar-refractivity contribution in [2.24, 2.45) is 0 Å². The van der Waals surface area contributed by atoms with E-state index in [1.165, 1.54) is 154 Å². The first kappa shape index (κ1) is 56.6. The predicted octanol–water partition coefficient (Wildman–Crippen LogP) is 16.5. The standard InChI is InChI=1S/C53H96O6/c1-4-7-10-13-16-19-21-23-24-25-26-27-28-30-31-34-37-40-43-46-52(55)58-49-50(48-57-51(54)45-42-39-36-33-18-15-12-9-6-3)59-53(56)47-44-41-38-35-32-29-22-20-17-14-11-8-5-2/h9,12,18,25-26,33,50H,4-8,10-11,13-17,19-24,27-32,34-49H2,1-3H3/b12-9-,26-25-,33-18-. The molecule has 0 aromatic rings. The number of hydrogen-bond acceptors (Lipinski definition) is 6. The van der Waals surface area contributed by atoms with Crippen molar-refractivity contribution in [2.75, 3.05) is 13.2 Å². The molecule has 0 rings (SSSR count). The molecule has 0 aliphatic heterocycles. The summed E-state index contributed by atoms with van der Waals surface area (Å²) in [6.07, 6.45) is 55.7. The lowest BCUT2D eigenvalue weighted by Crippen LogP contribution is -2.30. The fraction of sp³-hybridized carbons (Fsp3) is 0.830. The minimum Gasteiger partial charge on any atom is -0.462 e. The monoisotopic (exact) mass is 829 g/mol. The highest BCUT2D eigenvalue weighted by atomic mass is 16.6. The van der Waals surface area contributed by atoms with E-state index in [1.807, 2.05) is 0 Å². The third kappa shape index (κ3) is 46.5. The van der Waals surface area contributed by atoms with Gasteiger partial charge in [-0.25, -0.2) is 0 Å². The molecule has 344 valence electrons. The first-order valence-corrected chi connectivity index (χ1v) is 25.5. The van der Waals surface area contributed by atoms with Gasteiger partial charge in [0.1, 0.15) is 13.2 Å². The molecule has 0 aromatic carbocycles. The summed E-state index contributed by atoms with van der Waals surface area (Å²) >= 11 is 0. The van der Waals surface area contributed by atoms with Crippen LogP contribution in [0.4, 0.5) is 0 Å². The van der Waals surface area contributed by atoms with E-state index in [2.05, 4.69) is 57.2 Å². The molecule has 0 spiro atoms. The summed E-state index contributed by atoms with van der Waals surface area (Å²) in [4.78, 5) is 37.8. The molecule has 0 aromatic heterocycles. The summed E-state index contributed by atoms with van der Waals surface area (Å²) in [5.74, 6) is -0.916. The van der Waals surface area contributed by atoms with Crippen molar-refractivity contribution < 1.29 is 28.6 Å². The average Bonchev–Trinajstić information content (AvgIpc) is 3.23. The Balaban J connectivity index is 4.28. The van der Waals surface area contributed by atoms with Gasteiger partial charge in [-0.2, -0.15) is 0 Å². The second kappa shape index (κ2) is 48.3. The largest absolute Gasteiger partial charge is 0.462 e. The van der Waals surface area contributed by atoms with Gasteiger partial charge >= 0.3 is 17.9 Å². The van der Waals surface area contributed by atoms with Crippen LogP contribution >= 0.6 is 0 Å². The Labute approximate surface area is 365 Å². The molecule has 1 unspecified atom stereocenters. The maximum Gasteiger partial charge on any atom is 0.306 e. The third-order valence-corrected chi connectivity index (χ3v) is 11.1. The van der Waals surface area contributed by atoms with E-state index in [4.69, 9.17) is 14.2 Å². The Morgan fingerprint density at radius 2 is 0.661 bits per heavy atom. The molecule has 0 saturated carbocycles. The average molecular weight is 829 g/mol. The molecular formula is C53H96O6. The molecule has 1 atom stereocenters. The van der Waals surface area contributed by atoms with Crippen molar-refractivity contribution in [3.63, 3.8) is 0 Å². The van der Waals surface area contributed by atoms with Crippen LogP contribution in [-0.4, -0.2) is 37.2 Å². The second-order valence-electron chi connectivity index (χ2n) is 17.1. The van der Waals surface area contributed by atoms with Gasteiger partial charge in [0.15, 0.2) is 6.10 Å². The van der Waals surface area contributed by atoms with Crippen LogP contribution in [0.5, 0.6) is 0 Å². The first-order valence-electron chi connectivity index (χ1n) is 25.5. The molecule has 6 nitrogen and oxygen atoms in total. The highest BCUT2D eigenvalue weighted by Gasteiger charge is 2.19. The molecule has 6 heteroatoms. The minimum absolute atomic E-state index is 0.0820. The normalized spacial score (nSPS) is 12.3. The summed E-state index contributed by atoms with van der Waals surface area (Å²) in [5.41, 5.74) is 0. The number of allylic oxidation sites excluding steroid dienone is 6. The van der Waals surface area contributed by atoms with Gasteiger partial charge < -0.3 is 14.2 Å². The van der Waals surface area contributed by atoms with E-state index in [-0.39, 0.29) is 31.1 Å². The molecule has 0 amide bonds. The second-order valence-corrected chi connectivity index (χ2v) is 17.1. The van der Waals surface area contributed by atoms with Crippen LogP contribution in [0, 0.1) is 0 Å². The summed E-state index contributed by atoms with van der Waals surface area (Å²) in [6, 6.07) is 0. The van der Waals surface area contributed by atoms with Gasteiger partial charge in [-0.15, -0.1) is 0 Å². The van der Waals surface area contributed by atoms with Crippen LogP contribution in [-0.2, 0) is 28.6 Å². The van der Waals surface area contributed by atoms with Crippen molar-refractivity contribution in [3.8, 4) is 0 Å². The van der Waals surface area contributed by atoms with Gasteiger partial charge in [0.05, 0.1) is 0 Å². The highest BCUT2D eigenvalue weighted by Crippen LogP contribution is 2.15. The van der Waals surface area contributed by atoms with Crippen LogP contribution in [0.2, 0.25) is 0 Å². The van der Waals surface area contributed by atoms with Gasteiger partial charge in [0.25, 0.3) is 0 Å². The SMILES string of the molecule is CC/C=C\C/C=C\CCCCC(=O)OCC(COC(=O)CCCCCCCCC/C=C\CCCCCCCCCC)OC(=O)CCCCCCCCCCCCCCC. The van der Waals surface area contributed by atoms with Crippen molar-refractivity contribution in [1.82, 2.24) is 0 Å². The molecule has 0 radical (unpaired) electrons. The van der Waals surface area contributed by atoms with Crippen molar-refractivity contribution in [1.29, 1.82) is 0 Å². The highest BCUT2D eigenvalue weighted by molar-refractivity contribution is 5.71. The Kier molecular flexibility index (Phi) is 46.4. The number of carbonyl (C=O) groups excluding carboxylic acids is 3. The van der Waals surface area contributed by atoms with E-state index >= 15 is 0 Å². The molecule has 59 heavy (non-hydrogen) atoms. The smallest absolute Gasteiger partial charge is 0.306 e. The number of esters is 3. The lowest BCUT2D eigenvalue weighted by atomic mass is 10.0. The molecule has 0 N–H and O–H groups in total. The number of hydrogen-bond donors (Lipinski definition) is 0. The zero-order chi connectivity index (χ0) is 43.0. The number of carbonyl (C=O) groups is 3. The predicted molar refractivity (Wildman–Crippen MR) is 252 cm³/mol. The summed E-state index contributed by atoms with van der Waals surface area (Å²) in [6.45, 7) is 6.49. The fourth-order valence-corrected chi connectivity index (χ4v) is 7.30. The van der Waals surface area contributed by atoms with Crippen LogP contribution < -0.4 is 0 Å². The van der Waals surface area contributed by atoms with Crippen molar-refractivity contribution in [2.45, 2.75) is 271 Å². The third-order valence-electron chi connectivity index (χ3n) is 11.1. The van der Waals surface area contributed by atoms with Crippen LogP contribution in [0.1, 0.15) is 265 Å². The Bertz CT molecular complexity index is 1000. The van der Waals surface area contributed by atoms with E-state index in [9.17, 15) is 14.4 Å². The van der Waals surface area contributed by atoms with Crippen LogP contribution in [0.25, 0.3) is 0 Å². The van der Waals surface area contributed by atoms with E-state index in [1.54, 1.807) is 0 Å². The van der Waals surface area contributed by atoms with Crippen LogP contribution in [0.15, 0.2) is 36.5 Å². The maximum atomic E-state index is 12.7. The molecule has 0 fully saturated rings. The van der Waals surface area contributed by atoms with Gasteiger partial charge in [-0.3, -0.25) is 14.4 Å². The van der Waals surface area contributed by atoms with E-state index in [0.29, 0.717) is 19.3 Å². The van der Waals surface area contributed by atoms with Crippen molar-refractivity contribution in [3.05, 3.63) is 36.5 Å². The fourth-order valence-electron chi connectivity index (χ4n) is 7.30. The van der Waals surface area contributed by atoms with E-state index in [0.717, 1.165) is 70.6 Å². The first-order chi connectivity index (χ1) is 29.0. The Hall–Kier alpha value is -2.37. The molecule has 0 saturated heterocycles. The molecule has 0 aliphatic carbocycles. The van der Waals surface area contributed by atoms with Gasteiger partial charge in [-0.05, 0) is 70.6 Å². The molecule has 0 aliphatic rings. The summed E-state index contributed by atoms with van der Waals surface area (Å²) in [5, 5.41) is 0. The quantitative estimate of drug-likeness (QED) is 0.0263. The maximum absolute atomic E-state index is 12.7. The Morgan fingerprint density at radius 1 is 0.356 bits per heavy atom. The Morgan fingerprint density at radius 3 is 1.07 bits per heavy atom. The number of rotatable bonds is 46. The lowest BCUT2D eigenvalue weighted by Gasteiger charge is -2.18. The van der Waals surface area contributed by atoms with Gasteiger partial charge in [0.2, 0.25) is 0 Å². The summed E-state index contributed by atoms with van der Waals surface area (Å²) < 4.78 is 16.7. The molecule has 0 bridgehead atoms. The zero-order valence-electron chi connectivity index (χ0n) is 39.3. The van der Waals surface area contributed by atoms with Gasteiger partial charge in [-0.1, -0.05) is 211 Å². The number of ether oxygens (including phenoxy) is 3. The lowest BCUT2D eigenvalue weighted by molar-refractivity contribution is -0.167. The van der Waals surface area contributed by atoms with E-state index < -0.39 is 6.10 Å².